The van der Waals surface area contributed by atoms with E-state index in [4.69, 9.17) is 0 Å². The van der Waals surface area contributed by atoms with E-state index in [1.165, 1.54) is 15.7 Å². The third kappa shape index (κ3) is 3.20. The number of hydrogen-bond donors (Lipinski definition) is 1. The lowest BCUT2D eigenvalue weighted by Crippen LogP contribution is -2.60. The van der Waals surface area contributed by atoms with Crippen molar-refractivity contribution in [1.82, 2.24) is 5.32 Å². The molecule has 1 fully saturated rings. The second-order valence-electron chi connectivity index (χ2n) is 6.61. The van der Waals surface area contributed by atoms with E-state index < -0.39 is 0 Å². The van der Waals surface area contributed by atoms with Crippen molar-refractivity contribution in [2.75, 3.05) is 18.0 Å². The van der Waals surface area contributed by atoms with E-state index in [0.717, 1.165) is 13.1 Å². The maximum Gasteiger partial charge on any atom is 0.0438 e. The molecule has 0 aliphatic carbocycles. The molecule has 1 aromatic carbocycles. The van der Waals surface area contributed by atoms with Gasteiger partial charge in [0.2, 0.25) is 0 Å². The van der Waals surface area contributed by atoms with E-state index in [-0.39, 0.29) is 0 Å². The lowest BCUT2D eigenvalue weighted by Gasteiger charge is -2.45. The summed E-state index contributed by atoms with van der Waals surface area (Å²) in [6.07, 6.45) is 0. The molecule has 0 aromatic heterocycles. The van der Waals surface area contributed by atoms with Gasteiger partial charge in [0.15, 0.2) is 0 Å². The van der Waals surface area contributed by atoms with Crippen molar-refractivity contribution in [3.63, 3.8) is 0 Å². The highest BCUT2D eigenvalue weighted by Crippen LogP contribution is 2.31. The fourth-order valence-corrected chi connectivity index (χ4v) is 3.38. The summed E-state index contributed by atoms with van der Waals surface area (Å²) >= 11 is 3.67. The van der Waals surface area contributed by atoms with Crippen LogP contribution in [0.4, 0.5) is 5.69 Å². The van der Waals surface area contributed by atoms with Crippen LogP contribution < -0.4 is 10.2 Å². The highest BCUT2D eigenvalue weighted by Gasteiger charge is 2.31. The molecule has 0 spiro atoms. The number of piperazine rings is 1. The van der Waals surface area contributed by atoms with Crippen LogP contribution in [-0.4, -0.2) is 25.2 Å². The standard InChI is InChI=1S/C17H27BrN2/c1-11(2)15-10-20(17(9-19-15)12(3)4)16-8-6-7-14(18)13(16)5/h6-8,11-12,15,17,19H,9-10H2,1-5H3. The molecule has 0 radical (unpaired) electrons. The van der Waals surface area contributed by atoms with E-state index in [2.05, 4.69) is 79.0 Å². The Morgan fingerprint density at radius 2 is 1.90 bits per heavy atom. The minimum absolute atomic E-state index is 0.568. The molecule has 0 saturated carbocycles. The lowest BCUT2D eigenvalue weighted by molar-refractivity contribution is 0.295. The maximum absolute atomic E-state index is 3.73. The van der Waals surface area contributed by atoms with Crippen molar-refractivity contribution in [2.45, 2.75) is 46.7 Å². The number of benzene rings is 1. The van der Waals surface area contributed by atoms with Crippen LogP contribution in [0.25, 0.3) is 0 Å². The number of hydrogen-bond acceptors (Lipinski definition) is 2. The maximum atomic E-state index is 3.73. The molecule has 1 heterocycles. The Balaban J connectivity index is 2.34. The van der Waals surface area contributed by atoms with Gasteiger partial charge in [0.25, 0.3) is 0 Å². The van der Waals surface area contributed by atoms with Crippen molar-refractivity contribution >= 4 is 21.6 Å². The minimum atomic E-state index is 0.568. The molecule has 2 unspecified atom stereocenters. The van der Waals surface area contributed by atoms with Gasteiger partial charge in [0.1, 0.15) is 0 Å². The van der Waals surface area contributed by atoms with E-state index in [0.29, 0.717) is 23.9 Å². The molecule has 112 valence electrons. The average Bonchev–Trinajstić information content (AvgIpc) is 2.41. The normalized spacial score (nSPS) is 23.7. The number of nitrogens with one attached hydrogen (secondary N) is 1. The van der Waals surface area contributed by atoms with Gasteiger partial charge in [-0.05, 0) is 36.5 Å². The first-order valence-corrected chi connectivity index (χ1v) is 8.46. The largest absolute Gasteiger partial charge is 0.365 e. The molecule has 0 bridgehead atoms. The van der Waals surface area contributed by atoms with Crippen molar-refractivity contribution < 1.29 is 0 Å². The molecule has 1 saturated heterocycles. The third-order valence-corrected chi connectivity index (χ3v) is 5.36. The molecule has 3 heteroatoms. The van der Waals surface area contributed by atoms with Crippen LogP contribution >= 0.6 is 15.9 Å². The summed E-state index contributed by atoms with van der Waals surface area (Å²) in [6.45, 7) is 13.6. The average molecular weight is 339 g/mol. The van der Waals surface area contributed by atoms with Gasteiger partial charge in [-0.15, -0.1) is 0 Å². The molecule has 1 aliphatic heterocycles. The molecule has 1 aliphatic rings. The van der Waals surface area contributed by atoms with Crippen LogP contribution in [0.1, 0.15) is 33.3 Å². The van der Waals surface area contributed by atoms with Crippen molar-refractivity contribution in [3.8, 4) is 0 Å². The van der Waals surface area contributed by atoms with Gasteiger partial charge in [0, 0.05) is 35.3 Å². The molecule has 20 heavy (non-hydrogen) atoms. The number of anilines is 1. The van der Waals surface area contributed by atoms with Gasteiger partial charge in [-0.25, -0.2) is 0 Å². The Bertz CT molecular complexity index is 456. The molecule has 1 aromatic rings. The van der Waals surface area contributed by atoms with Crippen LogP contribution in [0.5, 0.6) is 0 Å². The summed E-state index contributed by atoms with van der Waals surface area (Å²) in [5, 5.41) is 3.73. The second kappa shape index (κ2) is 6.48. The topological polar surface area (TPSA) is 15.3 Å². The fourth-order valence-electron chi connectivity index (χ4n) is 3.02. The number of halogens is 1. The van der Waals surface area contributed by atoms with E-state index >= 15 is 0 Å². The van der Waals surface area contributed by atoms with E-state index in [1.54, 1.807) is 0 Å². The summed E-state index contributed by atoms with van der Waals surface area (Å²) in [4.78, 5) is 2.62. The van der Waals surface area contributed by atoms with Crippen LogP contribution in [-0.2, 0) is 0 Å². The molecular weight excluding hydrogens is 312 g/mol. The monoisotopic (exact) mass is 338 g/mol. The van der Waals surface area contributed by atoms with Gasteiger partial charge >= 0.3 is 0 Å². The van der Waals surface area contributed by atoms with Crippen molar-refractivity contribution in [1.29, 1.82) is 0 Å². The van der Waals surface area contributed by atoms with Gasteiger partial charge in [-0.2, -0.15) is 0 Å². The van der Waals surface area contributed by atoms with E-state index in [9.17, 15) is 0 Å². The summed E-state index contributed by atoms with van der Waals surface area (Å²) < 4.78 is 1.21. The Hall–Kier alpha value is -0.540. The smallest absolute Gasteiger partial charge is 0.0438 e. The molecule has 0 amide bonds. The van der Waals surface area contributed by atoms with Crippen molar-refractivity contribution in [2.24, 2.45) is 11.8 Å². The molecule has 2 atom stereocenters. The summed E-state index contributed by atoms with van der Waals surface area (Å²) in [5.41, 5.74) is 2.73. The molecule has 1 N–H and O–H groups in total. The van der Waals surface area contributed by atoms with Gasteiger partial charge in [-0.3, -0.25) is 0 Å². The van der Waals surface area contributed by atoms with Gasteiger partial charge in [0.05, 0.1) is 0 Å². The van der Waals surface area contributed by atoms with Crippen LogP contribution in [0.15, 0.2) is 22.7 Å². The highest BCUT2D eigenvalue weighted by atomic mass is 79.9. The van der Waals surface area contributed by atoms with E-state index in [1.807, 2.05) is 0 Å². The third-order valence-electron chi connectivity index (χ3n) is 4.51. The van der Waals surface area contributed by atoms with Crippen LogP contribution in [0.2, 0.25) is 0 Å². The first-order valence-electron chi connectivity index (χ1n) is 7.67. The predicted molar refractivity (Wildman–Crippen MR) is 91.5 cm³/mol. The first kappa shape index (κ1) is 15.8. The fraction of sp³-hybridized carbons (Fsp3) is 0.647. The first-order chi connectivity index (χ1) is 9.41. The Labute approximate surface area is 132 Å². The summed E-state index contributed by atoms with van der Waals surface area (Å²) in [6, 6.07) is 7.68. The van der Waals surface area contributed by atoms with Crippen LogP contribution in [0, 0.1) is 18.8 Å². The molecule has 2 rings (SSSR count). The predicted octanol–water partition coefficient (Wildman–Crippen LogP) is 4.22. The Morgan fingerprint density at radius 3 is 2.50 bits per heavy atom. The zero-order valence-corrected chi connectivity index (χ0v) is 14.9. The van der Waals surface area contributed by atoms with Gasteiger partial charge in [-0.1, -0.05) is 49.7 Å². The SMILES string of the molecule is Cc1c(Br)cccc1N1CC(C(C)C)NCC1C(C)C. The van der Waals surface area contributed by atoms with Gasteiger partial charge < -0.3 is 10.2 Å². The summed E-state index contributed by atoms with van der Waals surface area (Å²) in [7, 11) is 0. The number of rotatable bonds is 3. The zero-order chi connectivity index (χ0) is 14.9. The second-order valence-corrected chi connectivity index (χ2v) is 7.46. The quantitative estimate of drug-likeness (QED) is 0.887. The van der Waals surface area contributed by atoms with Crippen LogP contribution in [0.3, 0.4) is 0 Å². The zero-order valence-electron chi connectivity index (χ0n) is 13.3. The molecular formula is C17H27BrN2. The van der Waals surface area contributed by atoms with Crippen molar-refractivity contribution in [3.05, 3.63) is 28.2 Å². The Kier molecular flexibility index (Phi) is 5.14. The highest BCUT2D eigenvalue weighted by molar-refractivity contribution is 9.10. The number of nitrogens with zero attached hydrogens (tertiary/aromatic N) is 1. The lowest BCUT2D eigenvalue weighted by atomic mass is 9.93. The Morgan fingerprint density at radius 1 is 1.20 bits per heavy atom. The molecule has 2 nitrogen and oxygen atoms in total. The minimum Gasteiger partial charge on any atom is -0.365 e. The summed E-state index contributed by atoms with van der Waals surface area (Å²) in [5.74, 6) is 1.31.